The van der Waals surface area contributed by atoms with E-state index in [1.54, 1.807) is 36.3 Å². The zero-order chi connectivity index (χ0) is 18.0. The van der Waals surface area contributed by atoms with E-state index >= 15 is 0 Å². The zero-order valence-corrected chi connectivity index (χ0v) is 13.7. The van der Waals surface area contributed by atoms with Gasteiger partial charge in [-0.15, -0.1) is 0 Å². The van der Waals surface area contributed by atoms with E-state index in [1.807, 2.05) is 13.0 Å². The van der Waals surface area contributed by atoms with Gasteiger partial charge in [0.2, 0.25) is 0 Å². The summed E-state index contributed by atoms with van der Waals surface area (Å²) in [5.74, 6) is -0.698. The van der Waals surface area contributed by atoms with Gasteiger partial charge in [-0.25, -0.2) is 9.37 Å². The number of anilines is 4. The van der Waals surface area contributed by atoms with Gasteiger partial charge in [-0.05, 0) is 18.6 Å². The molecule has 0 aliphatic rings. The zero-order valence-electron chi connectivity index (χ0n) is 13.7. The summed E-state index contributed by atoms with van der Waals surface area (Å²) in [6, 6.07) is 6.63. The standard InChI is InChI=1S/C17H17FN6O/c1-10-4-3-5-12(17(19)25)16(10)23-14-6-15(20-8-13(14)18)22-11-7-21-24(2)9-11/h3-9H,1-2H3,(H2,19,25)(H2,20,22,23). The smallest absolute Gasteiger partial charge is 0.250 e. The fourth-order valence-electron chi connectivity index (χ4n) is 2.41. The summed E-state index contributed by atoms with van der Waals surface area (Å²) in [6.07, 6.45) is 4.50. The summed E-state index contributed by atoms with van der Waals surface area (Å²) in [4.78, 5) is 15.6. The molecule has 1 amide bonds. The lowest BCUT2D eigenvalue weighted by atomic mass is 10.1. The minimum absolute atomic E-state index is 0.179. The maximum atomic E-state index is 14.2. The second-order valence-corrected chi connectivity index (χ2v) is 5.56. The molecule has 2 heterocycles. The third-order valence-corrected chi connectivity index (χ3v) is 3.63. The molecule has 3 aromatic rings. The van der Waals surface area contributed by atoms with Crippen LogP contribution in [0.5, 0.6) is 0 Å². The van der Waals surface area contributed by atoms with Crippen LogP contribution in [0.4, 0.5) is 27.3 Å². The fraction of sp³-hybridized carbons (Fsp3) is 0.118. The maximum absolute atomic E-state index is 14.2. The highest BCUT2D eigenvalue weighted by atomic mass is 19.1. The molecule has 0 unspecified atom stereocenters. The van der Waals surface area contributed by atoms with Gasteiger partial charge in [-0.1, -0.05) is 12.1 Å². The van der Waals surface area contributed by atoms with Gasteiger partial charge < -0.3 is 16.4 Å². The number of benzene rings is 1. The third-order valence-electron chi connectivity index (χ3n) is 3.63. The molecular formula is C17H17FN6O. The molecule has 0 saturated carbocycles. The van der Waals surface area contributed by atoms with Crippen molar-refractivity contribution in [1.29, 1.82) is 0 Å². The van der Waals surface area contributed by atoms with Crippen LogP contribution < -0.4 is 16.4 Å². The molecular weight excluding hydrogens is 323 g/mol. The van der Waals surface area contributed by atoms with Crippen LogP contribution in [0.1, 0.15) is 15.9 Å². The monoisotopic (exact) mass is 340 g/mol. The molecule has 7 nitrogen and oxygen atoms in total. The Morgan fingerprint density at radius 1 is 1.28 bits per heavy atom. The number of amides is 1. The summed E-state index contributed by atoms with van der Waals surface area (Å²) < 4.78 is 15.8. The highest BCUT2D eigenvalue weighted by Crippen LogP contribution is 2.28. The lowest BCUT2D eigenvalue weighted by Crippen LogP contribution is -2.14. The molecule has 0 saturated heterocycles. The molecule has 4 N–H and O–H groups in total. The van der Waals surface area contributed by atoms with E-state index in [1.165, 1.54) is 6.07 Å². The SMILES string of the molecule is Cc1cccc(C(N)=O)c1Nc1cc(Nc2cnn(C)c2)ncc1F. The number of nitrogens with zero attached hydrogens (tertiary/aromatic N) is 3. The van der Waals surface area contributed by atoms with Gasteiger partial charge in [0.25, 0.3) is 5.91 Å². The summed E-state index contributed by atoms with van der Waals surface area (Å²) in [7, 11) is 1.79. The van der Waals surface area contributed by atoms with Crippen LogP contribution in [-0.4, -0.2) is 20.7 Å². The van der Waals surface area contributed by atoms with Crippen molar-refractivity contribution in [3.8, 4) is 0 Å². The van der Waals surface area contributed by atoms with E-state index in [9.17, 15) is 9.18 Å². The predicted octanol–water partition coefficient (Wildman–Crippen LogP) is 2.85. The Labute approximate surface area is 143 Å². The van der Waals surface area contributed by atoms with Crippen molar-refractivity contribution in [3.63, 3.8) is 0 Å². The summed E-state index contributed by atoms with van der Waals surface area (Å²) >= 11 is 0. The number of carbonyl (C=O) groups excluding carboxylic acids is 1. The average Bonchev–Trinajstić information content (AvgIpc) is 2.97. The van der Waals surface area contributed by atoms with E-state index in [-0.39, 0.29) is 11.3 Å². The number of nitrogens with two attached hydrogens (primary N) is 1. The Kier molecular flexibility index (Phi) is 4.34. The molecule has 8 heteroatoms. The van der Waals surface area contributed by atoms with Gasteiger partial charge in [0.15, 0.2) is 5.82 Å². The number of carbonyl (C=O) groups is 1. The molecule has 25 heavy (non-hydrogen) atoms. The third kappa shape index (κ3) is 3.57. The van der Waals surface area contributed by atoms with Crippen LogP contribution >= 0.6 is 0 Å². The topological polar surface area (TPSA) is 97.9 Å². The highest BCUT2D eigenvalue weighted by molar-refractivity contribution is 6.00. The minimum atomic E-state index is -0.589. The van der Waals surface area contributed by atoms with Gasteiger partial charge in [0.1, 0.15) is 5.82 Å². The molecule has 2 aromatic heterocycles. The van der Waals surface area contributed by atoms with Crippen LogP contribution in [0.15, 0.2) is 42.9 Å². The Bertz CT molecular complexity index is 937. The highest BCUT2D eigenvalue weighted by Gasteiger charge is 2.13. The van der Waals surface area contributed by atoms with Gasteiger partial charge in [-0.2, -0.15) is 5.10 Å². The predicted molar refractivity (Wildman–Crippen MR) is 93.7 cm³/mol. The molecule has 0 radical (unpaired) electrons. The maximum Gasteiger partial charge on any atom is 0.250 e. The van der Waals surface area contributed by atoms with Crippen LogP contribution in [0.2, 0.25) is 0 Å². The van der Waals surface area contributed by atoms with Crippen LogP contribution in [0.25, 0.3) is 0 Å². The second kappa shape index (κ2) is 6.60. The number of hydrogen-bond donors (Lipinski definition) is 3. The average molecular weight is 340 g/mol. The molecule has 0 bridgehead atoms. The summed E-state index contributed by atoms with van der Waals surface area (Å²) in [5.41, 5.74) is 7.83. The summed E-state index contributed by atoms with van der Waals surface area (Å²) in [5, 5.41) is 10.0. The van der Waals surface area contributed by atoms with Crippen molar-refractivity contribution in [1.82, 2.24) is 14.8 Å². The van der Waals surface area contributed by atoms with E-state index < -0.39 is 11.7 Å². The number of primary amides is 1. The normalized spacial score (nSPS) is 10.5. The van der Waals surface area contributed by atoms with Crippen LogP contribution in [0, 0.1) is 12.7 Å². The lowest BCUT2D eigenvalue weighted by molar-refractivity contribution is 0.100. The molecule has 128 valence electrons. The van der Waals surface area contributed by atoms with Gasteiger partial charge in [0, 0.05) is 19.3 Å². The van der Waals surface area contributed by atoms with E-state index in [0.717, 1.165) is 17.4 Å². The number of rotatable bonds is 5. The van der Waals surface area contributed by atoms with Crippen molar-refractivity contribution in [2.24, 2.45) is 12.8 Å². The Hall–Kier alpha value is -3.42. The summed E-state index contributed by atoms with van der Waals surface area (Å²) in [6.45, 7) is 1.81. The molecule has 0 aliphatic heterocycles. The molecule has 0 fully saturated rings. The molecule has 3 rings (SSSR count). The largest absolute Gasteiger partial charge is 0.366 e. The van der Waals surface area contributed by atoms with E-state index in [2.05, 4.69) is 20.7 Å². The van der Waals surface area contributed by atoms with Crippen LogP contribution in [-0.2, 0) is 7.05 Å². The molecule has 1 aromatic carbocycles. The number of hydrogen-bond acceptors (Lipinski definition) is 5. The number of aromatic nitrogens is 3. The number of aryl methyl sites for hydroxylation is 2. The van der Waals surface area contributed by atoms with Crippen molar-refractivity contribution >= 4 is 28.8 Å². The quantitative estimate of drug-likeness (QED) is 0.663. The number of pyridine rings is 1. The van der Waals surface area contributed by atoms with Gasteiger partial charge in [0.05, 0.1) is 35.0 Å². The molecule has 0 atom stereocenters. The van der Waals surface area contributed by atoms with Crippen molar-refractivity contribution < 1.29 is 9.18 Å². The van der Waals surface area contributed by atoms with Crippen molar-refractivity contribution in [2.45, 2.75) is 6.92 Å². The van der Waals surface area contributed by atoms with Crippen molar-refractivity contribution in [2.75, 3.05) is 10.6 Å². The minimum Gasteiger partial charge on any atom is -0.366 e. The lowest BCUT2D eigenvalue weighted by Gasteiger charge is -2.14. The van der Waals surface area contributed by atoms with Crippen molar-refractivity contribution in [3.05, 3.63) is 59.8 Å². The first-order chi connectivity index (χ1) is 11.9. The second-order valence-electron chi connectivity index (χ2n) is 5.56. The van der Waals surface area contributed by atoms with E-state index in [0.29, 0.717) is 11.5 Å². The number of nitrogens with one attached hydrogen (secondary N) is 2. The number of para-hydroxylation sites is 1. The van der Waals surface area contributed by atoms with Gasteiger partial charge >= 0.3 is 0 Å². The fourth-order valence-corrected chi connectivity index (χ4v) is 2.41. The first kappa shape index (κ1) is 16.4. The Morgan fingerprint density at radius 2 is 2.08 bits per heavy atom. The molecule has 0 aliphatic carbocycles. The first-order valence-electron chi connectivity index (χ1n) is 7.51. The molecule has 0 spiro atoms. The first-order valence-corrected chi connectivity index (χ1v) is 7.51. The number of halogens is 1. The Balaban J connectivity index is 1.93. The van der Waals surface area contributed by atoms with Gasteiger partial charge in [-0.3, -0.25) is 9.48 Å². The Morgan fingerprint density at radius 3 is 2.76 bits per heavy atom. The van der Waals surface area contributed by atoms with E-state index in [4.69, 9.17) is 5.73 Å². The van der Waals surface area contributed by atoms with Crippen LogP contribution in [0.3, 0.4) is 0 Å².